The molecule has 1 aromatic carbocycles. The van der Waals surface area contributed by atoms with Crippen molar-refractivity contribution in [1.29, 1.82) is 0 Å². The lowest BCUT2D eigenvalue weighted by molar-refractivity contribution is 0.243. The van der Waals surface area contributed by atoms with Crippen molar-refractivity contribution in [3.63, 3.8) is 0 Å². The number of hydrogen-bond donors (Lipinski definition) is 0. The standard InChI is InChI=1S/C16H19NO2/c1-11(2)10-17-8-7-13-9-14(19-12(3)4)5-6-15(13)16(17)18/h5-9,12H,1,10H2,2-4H3. The van der Waals surface area contributed by atoms with Crippen LogP contribution in [0.1, 0.15) is 20.8 Å². The van der Waals surface area contributed by atoms with E-state index in [9.17, 15) is 4.79 Å². The monoisotopic (exact) mass is 257 g/mol. The lowest BCUT2D eigenvalue weighted by Gasteiger charge is -2.11. The van der Waals surface area contributed by atoms with E-state index in [1.807, 2.05) is 45.0 Å². The van der Waals surface area contributed by atoms with Crippen LogP contribution in [0.2, 0.25) is 0 Å². The van der Waals surface area contributed by atoms with E-state index in [0.29, 0.717) is 11.9 Å². The Morgan fingerprint density at radius 1 is 1.37 bits per heavy atom. The highest BCUT2D eigenvalue weighted by Gasteiger charge is 2.05. The van der Waals surface area contributed by atoms with Gasteiger partial charge in [0, 0.05) is 18.1 Å². The van der Waals surface area contributed by atoms with Gasteiger partial charge in [0.15, 0.2) is 0 Å². The van der Waals surface area contributed by atoms with Gasteiger partial charge in [0.2, 0.25) is 0 Å². The number of benzene rings is 1. The molecular formula is C16H19NO2. The van der Waals surface area contributed by atoms with Gasteiger partial charge in [0.1, 0.15) is 5.75 Å². The Morgan fingerprint density at radius 3 is 2.74 bits per heavy atom. The predicted octanol–water partition coefficient (Wildman–Crippen LogP) is 3.36. The highest BCUT2D eigenvalue weighted by Crippen LogP contribution is 2.19. The van der Waals surface area contributed by atoms with Gasteiger partial charge in [0.05, 0.1) is 6.10 Å². The maximum Gasteiger partial charge on any atom is 0.258 e. The van der Waals surface area contributed by atoms with E-state index in [1.54, 1.807) is 10.8 Å². The Hall–Kier alpha value is -2.03. The minimum atomic E-state index is 0.0107. The van der Waals surface area contributed by atoms with Crippen molar-refractivity contribution >= 4 is 10.8 Å². The van der Waals surface area contributed by atoms with Gasteiger partial charge in [-0.2, -0.15) is 0 Å². The molecule has 19 heavy (non-hydrogen) atoms. The topological polar surface area (TPSA) is 31.2 Å². The van der Waals surface area contributed by atoms with E-state index in [4.69, 9.17) is 4.74 Å². The Balaban J connectivity index is 2.47. The SMILES string of the molecule is C=C(C)Cn1ccc2cc(OC(C)C)ccc2c1=O. The second-order valence-corrected chi connectivity index (χ2v) is 5.12. The van der Waals surface area contributed by atoms with Crippen LogP contribution < -0.4 is 10.3 Å². The average Bonchev–Trinajstić information content (AvgIpc) is 2.31. The van der Waals surface area contributed by atoms with Crippen molar-refractivity contribution in [3.8, 4) is 5.75 Å². The van der Waals surface area contributed by atoms with Crippen molar-refractivity contribution < 1.29 is 4.74 Å². The fraction of sp³-hybridized carbons (Fsp3) is 0.312. The molecule has 0 atom stereocenters. The zero-order valence-electron chi connectivity index (χ0n) is 11.6. The molecule has 0 radical (unpaired) electrons. The second kappa shape index (κ2) is 5.31. The first-order chi connectivity index (χ1) is 8.97. The molecule has 2 rings (SSSR count). The van der Waals surface area contributed by atoms with Crippen LogP contribution >= 0.6 is 0 Å². The number of hydrogen-bond acceptors (Lipinski definition) is 2. The Bertz CT molecular complexity index is 668. The van der Waals surface area contributed by atoms with Gasteiger partial charge in [0.25, 0.3) is 5.56 Å². The van der Waals surface area contributed by atoms with E-state index in [0.717, 1.165) is 16.7 Å². The van der Waals surface area contributed by atoms with Gasteiger partial charge < -0.3 is 9.30 Å². The molecule has 1 heterocycles. The summed E-state index contributed by atoms with van der Waals surface area (Å²) in [5, 5.41) is 1.61. The molecule has 0 saturated heterocycles. The van der Waals surface area contributed by atoms with Gasteiger partial charge in [-0.25, -0.2) is 0 Å². The molecule has 0 spiro atoms. The highest BCUT2D eigenvalue weighted by atomic mass is 16.5. The number of fused-ring (bicyclic) bond motifs is 1. The Kier molecular flexibility index (Phi) is 3.74. The fourth-order valence-electron chi connectivity index (χ4n) is 2.03. The first kappa shape index (κ1) is 13.4. The van der Waals surface area contributed by atoms with E-state index in [1.165, 1.54) is 0 Å². The van der Waals surface area contributed by atoms with Crippen LogP contribution in [-0.4, -0.2) is 10.7 Å². The van der Waals surface area contributed by atoms with E-state index in [2.05, 4.69) is 6.58 Å². The molecule has 0 aliphatic heterocycles. The quantitative estimate of drug-likeness (QED) is 0.786. The van der Waals surface area contributed by atoms with Crippen molar-refractivity contribution in [2.24, 2.45) is 0 Å². The molecule has 0 saturated carbocycles. The maximum atomic E-state index is 12.3. The van der Waals surface area contributed by atoms with E-state index >= 15 is 0 Å². The molecule has 0 unspecified atom stereocenters. The van der Waals surface area contributed by atoms with Crippen molar-refractivity contribution in [2.45, 2.75) is 33.4 Å². The van der Waals surface area contributed by atoms with Crippen molar-refractivity contribution in [3.05, 3.63) is 53.0 Å². The second-order valence-electron chi connectivity index (χ2n) is 5.12. The molecule has 2 aromatic rings. The summed E-state index contributed by atoms with van der Waals surface area (Å²) in [6, 6.07) is 7.51. The number of pyridine rings is 1. The molecule has 3 nitrogen and oxygen atoms in total. The third-order valence-electron chi connectivity index (χ3n) is 2.76. The van der Waals surface area contributed by atoms with Gasteiger partial charge in [-0.15, -0.1) is 0 Å². The Morgan fingerprint density at radius 2 is 2.11 bits per heavy atom. The lowest BCUT2D eigenvalue weighted by Crippen LogP contribution is -2.19. The first-order valence-electron chi connectivity index (χ1n) is 6.41. The summed E-state index contributed by atoms with van der Waals surface area (Å²) in [7, 11) is 0. The zero-order chi connectivity index (χ0) is 14.0. The summed E-state index contributed by atoms with van der Waals surface area (Å²) in [5.74, 6) is 0.791. The molecule has 100 valence electrons. The summed E-state index contributed by atoms with van der Waals surface area (Å²) >= 11 is 0. The van der Waals surface area contributed by atoms with Crippen LogP contribution in [0.15, 0.2) is 47.4 Å². The van der Waals surface area contributed by atoms with Gasteiger partial charge in [-0.1, -0.05) is 12.2 Å². The number of ether oxygens (including phenoxy) is 1. The normalized spacial score (nSPS) is 10.9. The van der Waals surface area contributed by atoms with Crippen LogP contribution in [0.3, 0.4) is 0 Å². The molecule has 1 aromatic heterocycles. The van der Waals surface area contributed by atoms with Crippen LogP contribution in [0.4, 0.5) is 0 Å². The number of aromatic nitrogens is 1. The predicted molar refractivity (Wildman–Crippen MR) is 78.8 cm³/mol. The van der Waals surface area contributed by atoms with Crippen LogP contribution in [0.5, 0.6) is 5.75 Å². The minimum Gasteiger partial charge on any atom is -0.491 e. The summed E-state index contributed by atoms with van der Waals surface area (Å²) in [6.45, 7) is 10.3. The van der Waals surface area contributed by atoms with Gasteiger partial charge in [-0.05, 0) is 50.4 Å². The number of nitrogens with zero attached hydrogens (tertiary/aromatic N) is 1. The summed E-state index contributed by atoms with van der Waals surface area (Å²) in [6.07, 6.45) is 1.93. The first-order valence-corrected chi connectivity index (χ1v) is 6.41. The van der Waals surface area contributed by atoms with E-state index in [-0.39, 0.29) is 11.7 Å². The van der Waals surface area contributed by atoms with Crippen LogP contribution in [-0.2, 0) is 6.54 Å². The van der Waals surface area contributed by atoms with Gasteiger partial charge >= 0.3 is 0 Å². The average molecular weight is 257 g/mol. The minimum absolute atomic E-state index is 0.0107. The van der Waals surface area contributed by atoms with Crippen LogP contribution in [0, 0.1) is 0 Å². The van der Waals surface area contributed by atoms with Crippen molar-refractivity contribution in [1.82, 2.24) is 4.57 Å². The Labute approximate surface area is 113 Å². The maximum absolute atomic E-state index is 12.3. The van der Waals surface area contributed by atoms with Crippen molar-refractivity contribution in [2.75, 3.05) is 0 Å². The summed E-state index contributed by atoms with van der Waals surface area (Å²) in [4.78, 5) is 12.3. The fourth-order valence-corrected chi connectivity index (χ4v) is 2.03. The van der Waals surface area contributed by atoms with E-state index < -0.39 is 0 Å². The summed E-state index contributed by atoms with van der Waals surface area (Å²) < 4.78 is 7.31. The summed E-state index contributed by atoms with van der Waals surface area (Å²) in [5.41, 5.74) is 0.970. The smallest absolute Gasteiger partial charge is 0.258 e. The molecular weight excluding hydrogens is 238 g/mol. The molecule has 0 fully saturated rings. The highest BCUT2D eigenvalue weighted by molar-refractivity contribution is 5.82. The molecule has 0 aliphatic carbocycles. The largest absolute Gasteiger partial charge is 0.491 e. The molecule has 3 heteroatoms. The molecule has 0 N–H and O–H groups in total. The zero-order valence-corrected chi connectivity index (χ0v) is 11.6. The molecule has 0 aliphatic rings. The number of allylic oxidation sites excluding steroid dienone is 1. The number of rotatable bonds is 4. The molecule has 0 amide bonds. The molecule has 0 bridgehead atoms. The van der Waals surface area contributed by atoms with Gasteiger partial charge in [-0.3, -0.25) is 4.79 Å². The third-order valence-corrected chi connectivity index (χ3v) is 2.76. The lowest BCUT2D eigenvalue weighted by atomic mass is 10.1. The third kappa shape index (κ3) is 3.05. The van der Waals surface area contributed by atoms with Crippen LogP contribution in [0.25, 0.3) is 10.8 Å².